The minimum atomic E-state index is 0.953. The largest absolute Gasteiger partial charge is 0.306 e. The van der Waals surface area contributed by atoms with Crippen LogP contribution in [0.3, 0.4) is 0 Å². The Balaban J connectivity index is 1.16. The van der Waals surface area contributed by atoms with Crippen LogP contribution >= 0.6 is 0 Å². The Bertz CT molecular complexity index is 3150. The van der Waals surface area contributed by atoms with Crippen molar-refractivity contribution in [2.24, 2.45) is 0 Å². The van der Waals surface area contributed by atoms with E-state index in [0.717, 1.165) is 16.9 Å². The molecule has 51 heavy (non-hydrogen) atoms. The molecule has 9 aromatic carbocycles. The highest BCUT2D eigenvalue weighted by molar-refractivity contribution is 6.34. The topological polar surface area (TPSA) is 17.3 Å². The highest BCUT2D eigenvalue weighted by Crippen LogP contribution is 2.45. The summed E-state index contributed by atoms with van der Waals surface area (Å²) in [6, 6.07) is 62.3. The molecule has 0 saturated carbocycles. The van der Waals surface area contributed by atoms with Gasteiger partial charge in [0.15, 0.2) is 0 Å². The Labute approximate surface area is 294 Å². The predicted octanol–water partition coefficient (Wildman–Crippen LogP) is 13.3. The zero-order valence-corrected chi connectivity index (χ0v) is 27.7. The Morgan fingerprint density at radius 1 is 0.353 bits per heavy atom. The Morgan fingerprint density at radius 2 is 0.882 bits per heavy atom. The first-order valence-electron chi connectivity index (χ1n) is 17.5. The zero-order valence-electron chi connectivity index (χ0n) is 27.7. The van der Waals surface area contributed by atoms with Gasteiger partial charge in [0.2, 0.25) is 0 Å². The van der Waals surface area contributed by atoms with Gasteiger partial charge in [0.05, 0.1) is 5.69 Å². The lowest BCUT2D eigenvalue weighted by Crippen LogP contribution is -1.91. The van der Waals surface area contributed by atoms with Crippen molar-refractivity contribution in [2.45, 2.75) is 0 Å². The van der Waals surface area contributed by atoms with E-state index in [1.165, 1.54) is 86.9 Å². The van der Waals surface area contributed by atoms with Crippen molar-refractivity contribution in [1.82, 2.24) is 9.38 Å². The second-order valence-electron chi connectivity index (χ2n) is 13.5. The summed E-state index contributed by atoms with van der Waals surface area (Å²) < 4.78 is 2.07. The maximum Gasteiger partial charge on any atom is 0.137 e. The normalized spacial score (nSPS) is 11.9. The molecule has 11 aromatic rings. The molecule has 236 valence electrons. The van der Waals surface area contributed by atoms with Crippen LogP contribution in [0.25, 0.3) is 104 Å². The fourth-order valence-electron chi connectivity index (χ4n) is 8.51. The summed E-state index contributed by atoms with van der Waals surface area (Å²) >= 11 is 0. The average molecular weight is 647 g/mol. The van der Waals surface area contributed by atoms with E-state index >= 15 is 0 Å². The first-order valence-corrected chi connectivity index (χ1v) is 17.5. The third-order valence-corrected chi connectivity index (χ3v) is 10.8. The molecule has 0 amide bonds. The predicted molar refractivity (Wildman–Crippen MR) is 217 cm³/mol. The minimum Gasteiger partial charge on any atom is -0.306 e. The summed E-state index contributed by atoms with van der Waals surface area (Å²) in [5.41, 5.74) is 7.96. The van der Waals surface area contributed by atoms with Crippen molar-refractivity contribution >= 4 is 70.3 Å². The molecule has 0 N–H and O–H groups in total. The van der Waals surface area contributed by atoms with Crippen LogP contribution in [0, 0.1) is 0 Å². The molecule has 0 aliphatic carbocycles. The van der Waals surface area contributed by atoms with E-state index in [0.29, 0.717) is 0 Å². The van der Waals surface area contributed by atoms with Crippen LogP contribution in [0.15, 0.2) is 182 Å². The van der Waals surface area contributed by atoms with Crippen LogP contribution in [0.2, 0.25) is 0 Å². The fourth-order valence-corrected chi connectivity index (χ4v) is 8.51. The van der Waals surface area contributed by atoms with Gasteiger partial charge in [-0.15, -0.1) is 0 Å². The van der Waals surface area contributed by atoms with Crippen molar-refractivity contribution in [3.8, 4) is 33.5 Å². The Morgan fingerprint density at radius 3 is 1.59 bits per heavy atom. The number of pyridine rings is 1. The highest BCUT2D eigenvalue weighted by Gasteiger charge is 2.18. The molecule has 0 saturated heterocycles. The first-order chi connectivity index (χ1) is 25.3. The summed E-state index contributed by atoms with van der Waals surface area (Å²) in [5, 5.41) is 15.3. The number of aromatic nitrogens is 2. The van der Waals surface area contributed by atoms with Gasteiger partial charge in [-0.25, -0.2) is 4.98 Å². The summed E-state index contributed by atoms with van der Waals surface area (Å²) in [7, 11) is 0. The molecule has 2 heteroatoms. The van der Waals surface area contributed by atoms with Crippen LogP contribution in [0.4, 0.5) is 0 Å². The van der Waals surface area contributed by atoms with Crippen molar-refractivity contribution in [2.75, 3.05) is 0 Å². The molecule has 11 rings (SSSR count). The van der Waals surface area contributed by atoms with Gasteiger partial charge in [0.1, 0.15) is 5.65 Å². The van der Waals surface area contributed by atoms with Crippen LogP contribution in [-0.2, 0) is 0 Å². The number of benzene rings is 8. The summed E-state index contributed by atoms with van der Waals surface area (Å²) in [6.07, 6.45) is 4.14. The van der Waals surface area contributed by atoms with E-state index < -0.39 is 0 Å². The summed E-state index contributed by atoms with van der Waals surface area (Å²) in [4.78, 5) is 4.84. The highest BCUT2D eigenvalue weighted by atomic mass is 15.0. The number of hydrogen-bond acceptors (Lipinski definition) is 1. The van der Waals surface area contributed by atoms with E-state index in [9.17, 15) is 0 Å². The SMILES string of the molecule is c1ccc2c(-c3cc4cccc5c6ccccc6c6ccccc6c6cccc3c6c45)ccc(-c3ccc(-c4cn5ccccc5n4)cc3)c2c1. The van der Waals surface area contributed by atoms with Crippen LogP contribution in [-0.4, -0.2) is 9.38 Å². The van der Waals surface area contributed by atoms with E-state index in [2.05, 4.69) is 162 Å². The third kappa shape index (κ3) is 4.20. The number of nitrogens with zero attached hydrogens (tertiary/aromatic N) is 2. The minimum absolute atomic E-state index is 0.953. The smallest absolute Gasteiger partial charge is 0.137 e. The second kappa shape index (κ2) is 10.9. The molecule has 0 radical (unpaired) electrons. The molecule has 2 aromatic heterocycles. The summed E-state index contributed by atoms with van der Waals surface area (Å²) in [5.74, 6) is 0. The van der Waals surface area contributed by atoms with E-state index in [1.807, 2.05) is 24.4 Å². The lowest BCUT2D eigenvalue weighted by atomic mass is 9.85. The standard InChI is InChI=1S/C49H30N2/c1-2-13-36-35(12-1)34(31-22-24-32(25-23-31)46-30-51-28-8-7-21-47(51)50-46)26-27-41(36)45-29-33-11-9-18-42-39-16-5-3-14-37(39)38-15-4-6-17-40(38)43-19-10-20-44(45)49(43)48(33)42/h1-30H. The molecule has 0 bridgehead atoms. The van der Waals surface area contributed by atoms with Gasteiger partial charge >= 0.3 is 0 Å². The van der Waals surface area contributed by atoms with Gasteiger partial charge in [-0.2, -0.15) is 0 Å². The molecule has 0 atom stereocenters. The monoisotopic (exact) mass is 646 g/mol. The Kier molecular flexibility index (Phi) is 5.99. The van der Waals surface area contributed by atoms with Gasteiger partial charge in [-0.1, -0.05) is 152 Å². The van der Waals surface area contributed by atoms with Crippen molar-refractivity contribution in [3.63, 3.8) is 0 Å². The summed E-state index contributed by atoms with van der Waals surface area (Å²) in [6.45, 7) is 0. The van der Waals surface area contributed by atoms with Gasteiger partial charge in [-0.3, -0.25) is 0 Å². The van der Waals surface area contributed by atoms with E-state index in [4.69, 9.17) is 4.98 Å². The van der Waals surface area contributed by atoms with Gasteiger partial charge in [-0.05, 0) is 105 Å². The lowest BCUT2D eigenvalue weighted by molar-refractivity contribution is 1.19. The number of rotatable bonds is 3. The molecule has 2 nitrogen and oxygen atoms in total. The zero-order chi connectivity index (χ0) is 33.5. The second-order valence-corrected chi connectivity index (χ2v) is 13.5. The molecule has 0 aliphatic rings. The number of imidazole rings is 1. The number of fused-ring (bicyclic) bond motifs is 7. The van der Waals surface area contributed by atoms with Gasteiger partial charge < -0.3 is 4.40 Å². The van der Waals surface area contributed by atoms with Gasteiger partial charge in [0.25, 0.3) is 0 Å². The number of hydrogen-bond donors (Lipinski definition) is 0. The molecule has 0 aliphatic heterocycles. The molecule has 0 fully saturated rings. The molecular formula is C49H30N2. The first kappa shape index (κ1) is 28.1. The molecule has 0 spiro atoms. The van der Waals surface area contributed by atoms with E-state index in [-0.39, 0.29) is 0 Å². The third-order valence-electron chi connectivity index (χ3n) is 10.8. The van der Waals surface area contributed by atoms with Crippen LogP contribution in [0.5, 0.6) is 0 Å². The van der Waals surface area contributed by atoms with Crippen molar-refractivity contribution < 1.29 is 0 Å². The Hall–Kier alpha value is -6.77. The van der Waals surface area contributed by atoms with E-state index in [1.54, 1.807) is 0 Å². The molecule has 0 unspecified atom stereocenters. The molecular weight excluding hydrogens is 617 g/mol. The quantitative estimate of drug-likeness (QED) is 0.175. The maximum absolute atomic E-state index is 4.84. The van der Waals surface area contributed by atoms with Crippen molar-refractivity contribution in [1.29, 1.82) is 0 Å². The van der Waals surface area contributed by atoms with Crippen LogP contribution < -0.4 is 0 Å². The lowest BCUT2D eigenvalue weighted by Gasteiger charge is -2.18. The van der Waals surface area contributed by atoms with Gasteiger partial charge in [0, 0.05) is 18.0 Å². The fraction of sp³-hybridized carbons (Fsp3) is 0. The maximum atomic E-state index is 4.84. The average Bonchev–Trinajstić information content (AvgIpc) is 3.64. The van der Waals surface area contributed by atoms with Crippen molar-refractivity contribution in [3.05, 3.63) is 182 Å². The van der Waals surface area contributed by atoms with Crippen LogP contribution in [0.1, 0.15) is 0 Å². The molecule has 2 heterocycles.